The highest BCUT2D eigenvalue weighted by Gasteiger charge is 2.22. The number of benzene rings is 1. The van der Waals surface area contributed by atoms with Gasteiger partial charge in [0.15, 0.2) is 11.5 Å². The van der Waals surface area contributed by atoms with E-state index in [1.54, 1.807) is 16.0 Å². The Bertz CT molecular complexity index is 1740. The van der Waals surface area contributed by atoms with Crippen molar-refractivity contribution in [2.75, 3.05) is 0 Å². The number of amides is 1. The molecule has 0 saturated carbocycles. The molecule has 6 rings (SSSR count). The minimum Gasteiger partial charge on any atom is -0.345 e. The van der Waals surface area contributed by atoms with Crippen molar-refractivity contribution >= 4 is 34.1 Å². The van der Waals surface area contributed by atoms with Gasteiger partial charge in [-0.05, 0) is 56.5 Å². The van der Waals surface area contributed by atoms with Crippen LogP contribution in [-0.2, 0) is 6.54 Å². The maximum atomic E-state index is 13.6. The molecule has 6 aromatic rings. The standard InChI is InChI=1S/C26H22N8OS/c1-15-12-16(2)33-22(30-31-26(33)28-15)14-27-25(35)19-13-20(21-10-7-11-36-21)29-24-23(19)17(3)32-34(24)18-8-5-4-6-9-18/h4-13H,14H2,1-3H3,(H,27,35). The third-order valence-electron chi connectivity index (χ3n) is 6.00. The van der Waals surface area contributed by atoms with E-state index in [1.807, 2.05) is 85.1 Å². The molecule has 0 radical (unpaired) electrons. The van der Waals surface area contributed by atoms with Crippen molar-refractivity contribution in [3.63, 3.8) is 0 Å². The van der Waals surface area contributed by atoms with Gasteiger partial charge in [-0.1, -0.05) is 24.3 Å². The lowest BCUT2D eigenvalue weighted by molar-refractivity contribution is 0.0951. The van der Waals surface area contributed by atoms with Crippen molar-refractivity contribution in [2.45, 2.75) is 27.3 Å². The number of fused-ring (bicyclic) bond motifs is 2. The number of carbonyl (C=O) groups is 1. The van der Waals surface area contributed by atoms with Crippen LogP contribution in [0.25, 0.3) is 33.1 Å². The van der Waals surface area contributed by atoms with E-state index in [-0.39, 0.29) is 12.5 Å². The zero-order valence-corrected chi connectivity index (χ0v) is 20.7. The molecule has 1 N–H and O–H groups in total. The van der Waals surface area contributed by atoms with E-state index in [4.69, 9.17) is 10.1 Å². The summed E-state index contributed by atoms with van der Waals surface area (Å²) in [6.45, 7) is 5.99. The average Bonchev–Trinajstić information content (AvgIpc) is 3.62. The molecule has 0 aliphatic heterocycles. The Kier molecular flexibility index (Phi) is 5.30. The number of carbonyl (C=O) groups excluding carboxylic acids is 1. The predicted octanol–water partition coefficient (Wildman–Crippen LogP) is 4.44. The number of hydrogen-bond donors (Lipinski definition) is 1. The van der Waals surface area contributed by atoms with Gasteiger partial charge in [0, 0.05) is 11.4 Å². The van der Waals surface area contributed by atoms with Crippen LogP contribution in [0.5, 0.6) is 0 Å². The Hall–Kier alpha value is -4.44. The van der Waals surface area contributed by atoms with Gasteiger partial charge in [-0.15, -0.1) is 21.5 Å². The largest absolute Gasteiger partial charge is 0.345 e. The lowest BCUT2D eigenvalue weighted by Crippen LogP contribution is -2.25. The van der Waals surface area contributed by atoms with E-state index in [9.17, 15) is 4.79 Å². The SMILES string of the molecule is Cc1cc(C)n2c(CNC(=O)c3cc(-c4cccs4)nc4c3c(C)nn4-c3ccccc3)nnc2n1. The van der Waals surface area contributed by atoms with Crippen LogP contribution in [0.1, 0.15) is 33.3 Å². The Morgan fingerprint density at radius 1 is 1.00 bits per heavy atom. The van der Waals surface area contributed by atoms with E-state index < -0.39 is 0 Å². The fourth-order valence-electron chi connectivity index (χ4n) is 4.43. The van der Waals surface area contributed by atoms with Gasteiger partial charge in [-0.3, -0.25) is 9.20 Å². The van der Waals surface area contributed by atoms with Gasteiger partial charge in [0.2, 0.25) is 0 Å². The molecule has 1 amide bonds. The van der Waals surface area contributed by atoms with Crippen molar-refractivity contribution in [2.24, 2.45) is 0 Å². The number of hydrogen-bond acceptors (Lipinski definition) is 7. The molecule has 5 heterocycles. The third kappa shape index (κ3) is 3.72. The van der Waals surface area contributed by atoms with Crippen molar-refractivity contribution in [1.29, 1.82) is 0 Å². The highest BCUT2D eigenvalue weighted by Crippen LogP contribution is 2.30. The van der Waals surface area contributed by atoms with Gasteiger partial charge >= 0.3 is 0 Å². The van der Waals surface area contributed by atoms with Gasteiger partial charge in [0.1, 0.15) is 0 Å². The molecule has 178 valence electrons. The average molecular weight is 495 g/mol. The first kappa shape index (κ1) is 22.1. The normalized spacial score (nSPS) is 11.4. The summed E-state index contributed by atoms with van der Waals surface area (Å²) in [5.41, 5.74) is 5.31. The molecule has 10 heteroatoms. The van der Waals surface area contributed by atoms with Crippen LogP contribution in [-0.4, -0.2) is 40.3 Å². The fraction of sp³-hybridized carbons (Fsp3) is 0.154. The smallest absolute Gasteiger partial charge is 0.255 e. The second-order valence-electron chi connectivity index (χ2n) is 8.54. The van der Waals surface area contributed by atoms with Crippen LogP contribution in [0, 0.1) is 20.8 Å². The van der Waals surface area contributed by atoms with E-state index in [0.29, 0.717) is 22.8 Å². The topological polar surface area (TPSA) is 103 Å². The first-order valence-electron chi connectivity index (χ1n) is 11.5. The van der Waals surface area contributed by atoms with Crippen molar-refractivity contribution in [3.8, 4) is 16.3 Å². The number of thiophene rings is 1. The van der Waals surface area contributed by atoms with E-state index in [0.717, 1.165) is 38.7 Å². The number of rotatable bonds is 5. The van der Waals surface area contributed by atoms with Gasteiger partial charge in [-0.2, -0.15) is 5.10 Å². The quantitative estimate of drug-likeness (QED) is 0.380. The van der Waals surface area contributed by atoms with Crippen molar-refractivity contribution < 1.29 is 4.79 Å². The minimum absolute atomic E-state index is 0.204. The van der Waals surface area contributed by atoms with Crippen LogP contribution >= 0.6 is 11.3 Å². The first-order valence-corrected chi connectivity index (χ1v) is 12.3. The third-order valence-corrected chi connectivity index (χ3v) is 6.89. The number of aromatic nitrogens is 7. The van der Waals surface area contributed by atoms with Gasteiger partial charge in [-0.25, -0.2) is 14.6 Å². The molecule has 0 aliphatic rings. The molecule has 1 aromatic carbocycles. The van der Waals surface area contributed by atoms with Gasteiger partial charge < -0.3 is 5.32 Å². The van der Waals surface area contributed by atoms with Crippen LogP contribution in [0.4, 0.5) is 0 Å². The molecule has 36 heavy (non-hydrogen) atoms. The first-order chi connectivity index (χ1) is 17.5. The number of aryl methyl sites for hydroxylation is 3. The number of nitrogens with zero attached hydrogens (tertiary/aromatic N) is 7. The minimum atomic E-state index is -0.231. The van der Waals surface area contributed by atoms with Gasteiger partial charge in [0.25, 0.3) is 11.7 Å². The van der Waals surface area contributed by atoms with E-state index in [1.165, 1.54) is 0 Å². The molecule has 0 spiro atoms. The summed E-state index contributed by atoms with van der Waals surface area (Å²) in [7, 11) is 0. The molecule has 0 saturated heterocycles. The highest BCUT2D eigenvalue weighted by atomic mass is 32.1. The summed E-state index contributed by atoms with van der Waals surface area (Å²) in [5, 5.41) is 18.9. The van der Waals surface area contributed by atoms with E-state index in [2.05, 4.69) is 20.5 Å². The molecule has 0 fully saturated rings. The summed E-state index contributed by atoms with van der Waals surface area (Å²) >= 11 is 1.58. The monoisotopic (exact) mass is 494 g/mol. The van der Waals surface area contributed by atoms with E-state index >= 15 is 0 Å². The molecule has 0 bridgehead atoms. The zero-order valence-electron chi connectivity index (χ0n) is 19.9. The van der Waals surface area contributed by atoms with Crippen LogP contribution in [0.3, 0.4) is 0 Å². The molecule has 0 aliphatic carbocycles. The summed E-state index contributed by atoms with van der Waals surface area (Å²) in [6.07, 6.45) is 0. The Labute approximate surface area is 210 Å². The molecule has 0 unspecified atom stereocenters. The Balaban J connectivity index is 1.44. The summed E-state index contributed by atoms with van der Waals surface area (Å²) in [5.74, 6) is 0.900. The van der Waals surface area contributed by atoms with Crippen LogP contribution in [0.15, 0.2) is 60.0 Å². The second-order valence-corrected chi connectivity index (χ2v) is 9.48. The summed E-state index contributed by atoms with van der Waals surface area (Å²) in [6, 6.07) is 17.6. The lowest BCUT2D eigenvalue weighted by atomic mass is 10.1. The molecular weight excluding hydrogens is 472 g/mol. The number of pyridine rings is 1. The number of nitrogens with one attached hydrogen (secondary N) is 1. The molecule has 9 nitrogen and oxygen atoms in total. The Morgan fingerprint density at radius 3 is 2.61 bits per heavy atom. The highest BCUT2D eigenvalue weighted by molar-refractivity contribution is 7.13. The zero-order chi connectivity index (χ0) is 24.8. The molecule has 5 aromatic heterocycles. The maximum absolute atomic E-state index is 13.6. The van der Waals surface area contributed by atoms with Crippen LogP contribution in [0.2, 0.25) is 0 Å². The molecule has 0 atom stereocenters. The molecular formula is C26H22N8OS. The predicted molar refractivity (Wildman–Crippen MR) is 138 cm³/mol. The summed E-state index contributed by atoms with van der Waals surface area (Å²) in [4.78, 5) is 23.9. The second kappa shape index (κ2) is 8.65. The lowest BCUT2D eigenvalue weighted by Gasteiger charge is -2.10. The maximum Gasteiger partial charge on any atom is 0.255 e. The van der Waals surface area contributed by atoms with Crippen molar-refractivity contribution in [1.82, 2.24) is 39.7 Å². The number of para-hydroxylation sites is 1. The fourth-order valence-corrected chi connectivity index (χ4v) is 5.12. The van der Waals surface area contributed by atoms with Gasteiger partial charge in [0.05, 0.1) is 39.4 Å². The summed E-state index contributed by atoms with van der Waals surface area (Å²) < 4.78 is 3.65. The van der Waals surface area contributed by atoms with Crippen molar-refractivity contribution in [3.05, 3.63) is 88.4 Å². The Morgan fingerprint density at radius 2 is 1.83 bits per heavy atom. The van der Waals surface area contributed by atoms with Crippen LogP contribution < -0.4 is 5.32 Å².